The van der Waals surface area contributed by atoms with Gasteiger partial charge in [0.1, 0.15) is 11.5 Å². The molecule has 0 radical (unpaired) electrons. The van der Waals surface area contributed by atoms with Crippen LogP contribution in [0.2, 0.25) is 0 Å². The van der Waals surface area contributed by atoms with Crippen molar-refractivity contribution >= 4 is 5.97 Å². The molecule has 1 atom stereocenters. The highest BCUT2D eigenvalue weighted by Gasteiger charge is 2.14. The van der Waals surface area contributed by atoms with Crippen LogP contribution in [-0.4, -0.2) is 17.1 Å². The summed E-state index contributed by atoms with van der Waals surface area (Å²) in [6, 6.07) is 5.75. The summed E-state index contributed by atoms with van der Waals surface area (Å²) < 4.78 is 10.5. The Labute approximate surface area is 111 Å². The van der Waals surface area contributed by atoms with Gasteiger partial charge in [0.05, 0.1) is 12.8 Å². The third-order valence-corrected chi connectivity index (χ3v) is 2.88. The number of hydrogen-bond acceptors (Lipinski definition) is 4. The predicted octanol–water partition coefficient (Wildman–Crippen LogP) is 2.60. The first kappa shape index (κ1) is 13.4. The minimum absolute atomic E-state index is 0.00971. The molecule has 0 saturated heterocycles. The Bertz CT molecular complexity index is 542. The van der Waals surface area contributed by atoms with E-state index in [4.69, 9.17) is 13.9 Å². The lowest BCUT2D eigenvalue weighted by atomic mass is 10.2. The van der Waals surface area contributed by atoms with Gasteiger partial charge in [-0.1, -0.05) is 0 Å². The molecular weight excluding hydrogens is 246 g/mol. The summed E-state index contributed by atoms with van der Waals surface area (Å²) >= 11 is 0. The van der Waals surface area contributed by atoms with Crippen LogP contribution in [0.25, 0.3) is 0 Å². The Morgan fingerprint density at radius 3 is 2.84 bits per heavy atom. The largest absolute Gasteiger partial charge is 0.475 e. The van der Waals surface area contributed by atoms with E-state index in [2.05, 4.69) is 5.32 Å². The minimum atomic E-state index is -1.03. The second-order valence-electron chi connectivity index (χ2n) is 4.60. The molecule has 102 valence electrons. The molecular formula is C14H17NO4. The maximum absolute atomic E-state index is 10.9. The first-order chi connectivity index (χ1) is 9.06. The number of hydrogen-bond donors (Lipinski definition) is 2. The average Bonchev–Trinajstić information content (AvgIpc) is 2.96. The number of nitrogens with one attached hydrogen (secondary N) is 1. The first-order valence-electron chi connectivity index (χ1n) is 6.14. The fourth-order valence-electron chi connectivity index (χ4n) is 1.93. The fraction of sp³-hybridized carbons (Fsp3) is 0.357. The Kier molecular flexibility index (Phi) is 4.06. The predicted molar refractivity (Wildman–Crippen MR) is 69.1 cm³/mol. The van der Waals surface area contributed by atoms with Gasteiger partial charge < -0.3 is 19.3 Å². The second kappa shape index (κ2) is 5.75. The summed E-state index contributed by atoms with van der Waals surface area (Å²) in [6.07, 6.45) is 2.43. The van der Waals surface area contributed by atoms with Gasteiger partial charge in [0.25, 0.3) is 0 Å². The van der Waals surface area contributed by atoms with Crippen molar-refractivity contribution in [1.29, 1.82) is 0 Å². The van der Waals surface area contributed by atoms with Crippen LogP contribution in [0, 0.1) is 6.92 Å². The van der Waals surface area contributed by atoms with Crippen LogP contribution in [0.4, 0.5) is 0 Å². The Balaban J connectivity index is 1.88. The highest BCUT2D eigenvalue weighted by Crippen LogP contribution is 2.14. The van der Waals surface area contributed by atoms with Crippen LogP contribution in [0.3, 0.4) is 0 Å². The van der Waals surface area contributed by atoms with Crippen molar-refractivity contribution < 1.29 is 18.7 Å². The summed E-state index contributed by atoms with van der Waals surface area (Å²) in [7, 11) is 0. The summed E-state index contributed by atoms with van der Waals surface area (Å²) in [6.45, 7) is 4.26. The molecule has 2 aromatic heterocycles. The van der Waals surface area contributed by atoms with Crippen molar-refractivity contribution in [2.45, 2.75) is 32.9 Å². The fourth-order valence-corrected chi connectivity index (χ4v) is 1.93. The van der Waals surface area contributed by atoms with Crippen LogP contribution in [0.5, 0.6) is 0 Å². The minimum Gasteiger partial charge on any atom is -0.475 e. The van der Waals surface area contributed by atoms with Gasteiger partial charge in [-0.3, -0.25) is 0 Å². The Hall–Kier alpha value is -2.01. The van der Waals surface area contributed by atoms with E-state index in [1.165, 1.54) is 0 Å². The van der Waals surface area contributed by atoms with Crippen LogP contribution < -0.4 is 5.32 Å². The molecule has 0 saturated carbocycles. The van der Waals surface area contributed by atoms with Crippen LogP contribution in [-0.2, 0) is 13.0 Å². The molecule has 0 aromatic carbocycles. The Morgan fingerprint density at radius 1 is 1.47 bits per heavy atom. The number of aromatic carboxylic acids is 1. The second-order valence-corrected chi connectivity index (χ2v) is 4.60. The van der Waals surface area contributed by atoms with E-state index in [9.17, 15) is 4.79 Å². The standard InChI is InChI=1S/C14H17NO4/c1-9-6-12(19-13(9)14(16)17)8-15-10(2)7-11-4-3-5-18-11/h3-6,10,15H,7-8H2,1-2H3,(H,16,17). The van der Waals surface area contributed by atoms with Crippen LogP contribution in [0.1, 0.15) is 34.6 Å². The van der Waals surface area contributed by atoms with E-state index < -0.39 is 5.97 Å². The number of carboxylic acids is 1. The number of aryl methyl sites for hydroxylation is 1. The van der Waals surface area contributed by atoms with Crippen LogP contribution in [0.15, 0.2) is 33.3 Å². The molecule has 2 N–H and O–H groups in total. The molecule has 0 aliphatic rings. The molecule has 0 fully saturated rings. The molecule has 0 aliphatic heterocycles. The molecule has 0 amide bonds. The number of carbonyl (C=O) groups is 1. The smallest absolute Gasteiger partial charge is 0.372 e. The molecule has 2 heterocycles. The highest BCUT2D eigenvalue weighted by atomic mass is 16.4. The summed E-state index contributed by atoms with van der Waals surface area (Å²) in [5.41, 5.74) is 0.642. The molecule has 5 nitrogen and oxygen atoms in total. The van der Waals surface area contributed by atoms with Crippen molar-refractivity contribution in [3.63, 3.8) is 0 Å². The topological polar surface area (TPSA) is 75.6 Å². The third kappa shape index (κ3) is 3.48. The summed E-state index contributed by atoms with van der Waals surface area (Å²) in [4.78, 5) is 10.9. The van der Waals surface area contributed by atoms with Gasteiger partial charge in [0, 0.05) is 18.0 Å². The van der Waals surface area contributed by atoms with Crippen LogP contribution >= 0.6 is 0 Å². The van der Waals surface area contributed by atoms with Crippen molar-refractivity contribution in [3.8, 4) is 0 Å². The average molecular weight is 263 g/mol. The van der Waals surface area contributed by atoms with E-state index in [1.54, 1.807) is 19.3 Å². The zero-order valence-corrected chi connectivity index (χ0v) is 11.0. The van der Waals surface area contributed by atoms with Crippen molar-refractivity contribution in [2.24, 2.45) is 0 Å². The quantitative estimate of drug-likeness (QED) is 0.837. The zero-order valence-electron chi connectivity index (χ0n) is 11.0. The van der Waals surface area contributed by atoms with Gasteiger partial charge in [-0.25, -0.2) is 4.79 Å². The molecule has 19 heavy (non-hydrogen) atoms. The van der Waals surface area contributed by atoms with E-state index in [0.717, 1.165) is 12.2 Å². The summed E-state index contributed by atoms with van der Waals surface area (Å²) in [5.74, 6) is 0.519. The lowest BCUT2D eigenvalue weighted by Gasteiger charge is -2.10. The summed E-state index contributed by atoms with van der Waals surface area (Å²) in [5, 5.41) is 12.2. The molecule has 5 heteroatoms. The van der Waals surface area contributed by atoms with Crippen molar-refractivity contribution in [3.05, 3.63) is 47.3 Å². The van der Waals surface area contributed by atoms with Gasteiger partial charge in [-0.15, -0.1) is 0 Å². The number of rotatable bonds is 6. The zero-order chi connectivity index (χ0) is 13.8. The van der Waals surface area contributed by atoms with Gasteiger partial charge in [-0.05, 0) is 32.0 Å². The van der Waals surface area contributed by atoms with Gasteiger partial charge in [-0.2, -0.15) is 0 Å². The maximum atomic E-state index is 10.9. The molecule has 0 aliphatic carbocycles. The highest BCUT2D eigenvalue weighted by molar-refractivity contribution is 5.86. The van der Waals surface area contributed by atoms with Crippen molar-refractivity contribution in [1.82, 2.24) is 5.32 Å². The van der Waals surface area contributed by atoms with E-state index in [0.29, 0.717) is 17.9 Å². The van der Waals surface area contributed by atoms with Gasteiger partial charge in [0.2, 0.25) is 5.76 Å². The third-order valence-electron chi connectivity index (χ3n) is 2.88. The molecule has 0 spiro atoms. The first-order valence-corrected chi connectivity index (χ1v) is 6.14. The molecule has 2 aromatic rings. The van der Waals surface area contributed by atoms with Gasteiger partial charge >= 0.3 is 5.97 Å². The normalized spacial score (nSPS) is 12.5. The SMILES string of the molecule is Cc1cc(CNC(C)Cc2ccco2)oc1C(=O)O. The number of furan rings is 2. The molecule has 2 rings (SSSR count). The van der Waals surface area contributed by atoms with E-state index in [-0.39, 0.29) is 11.8 Å². The van der Waals surface area contributed by atoms with Crippen molar-refractivity contribution in [2.75, 3.05) is 0 Å². The van der Waals surface area contributed by atoms with E-state index >= 15 is 0 Å². The lowest BCUT2D eigenvalue weighted by Crippen LogP contribution is -2.27. The van der Waals surface area contributed by atoms with E-state index in [1.807, 2.05) is 19.1 Å². The number of carboxylic acid groups (broad SMARTS) is 1. The maximum Gasteiger partial charge on any atom is 0.372 e. The lowest BCUT2D eigenvalue weighted by molar-refractivity contribution is 0.0659. The molecule has 0 bridgehead atoms. The molecule has 1 unspecified atom stereocenters. The Morgan fingerprint density at radius 2 is 2.26 bits per heavy atom. The monoisotopic (exact) mass is 263 g/mol. The van der Waals surface area contributed by atoms with Gasteiger partial charge in [0.15, 0.2) is 0 Å².